The van der Waals surface area contributed by atoms with E-state index in [9.17, 15) is 4.79 Å². The third kappa shape index (κ3) is 3.34. The summed E-state index contributed by atoms with van der Waals surface area (Å²) in [5, 5.41) is 11.7. The summed E-state index contributed by atoms with van der Waals surface area (Å²) in [4.78, 5) is 12.9. The Kier molecular flexibility index (Phi) is 4.44. The normalized spacial score (nSPS) is 12.7. The Morgan fingerprint density at radius 1 is 1.10 bits per heavy atom. The van der Waals surface area contributed by atoms with Gasteiger partial charge in [0, 0.05) is 28.7 Å². The van der Waals surface area contributed by atoms with Crippen molar-refractivity contribution >= 4 is 23.5 Å². The van der Waals surface area contributed by atoms with Crippen LogP contribution in [-0.4, -0.2) is 20.8 Å². The molecule has 0 unspecified atom stereocenters. The van der Waals surface area contributed by atoms with E-state index in [1.165, 1.54) is 5.56 Å². The molecule has 0 aliphatic carbocycles. The number of rotatable bonds is 4. The topological polar surface area (TPSA) is 73.0 Å². The van der Waals surface area contributed by atoms with Gasteiger partial charge in [0.05, 0.1) is 11.4 Å². The summed E-state index contributed by atoms with van der Waals surface area (Å²) in [5.74, 6) is 2.61. The van der Waals surface area contributed by atoms with Crippen molar-refractivity contribution in [3.05, 3.63) is 83.2 Å². The van der Waals surface area contributed by atoms with E-state index >= 15 is 0 Å². The lowest BCUT2D eigenvalue weighted by molar-refractivity contribution is 0.101. The number of carbonyl (C=O) groups is 1. The van der Waals surface area contributed by atoms with Gasteiger partial charge in [-0.05, 0) is 19.1 Å². The average molecular weight is 402 g/mol. The predicted octanol–water partition coefficient (Wildman–Crippen LogP) is 4.83. The van der Waals surface area contributed by atoms with Crippen molar-refractivity contribution in [1.82, 2.24) is 14.9 Å². The maximum absolute atomic E-state index is 12.9. The zero-order chi connectivity index (χ0) is 19.8. The molecule has 1 N–H and O–H groups in total. The number of amides is 1. The number of nitrogens with zero attached hydrogens (tertiary/aromatic N) is 3. The molecule has 0 spiro atoms. The Morgan fingerprint density at radius 3 is 2.69 bits per heavy atom. The largest absolute Gasteiger partial charge is 0.355 e. The van der Waals surface area contributed by atoms with Crippen molar-refractivity contribution in [2.45, 2.75) is 18.4 Å². The number of aromatic nitrogens is 3. The molecule has 144 valence electrons. The van der Waals surface area contributed by atoms with Crippen LogP contribution in [0.4, 0.5) is 5.82 Å². The van der Waals surface area contributed by atoms with E-state index in [-0.39, 0.29) is 11.6 Å². The predicted molar refractivity (Wildman–Crippen MR) is 113 cm³/mol. The molecule has 4 aromatic rings. The van der Waals surface area contributed by atoms with Gasteiger partial charge in [0.2, 0.25) is 0 Å². The number of carbonyl (C=O) groups excluding carboxylic acids is 1. The van der Waals surface area contributed by atoms with Gasteiger partial charge in [-0.25, -0.2) is 4.68 Å². The molecule has 2 aromatic carbocycles. The summed E-state index contributed by atoms with van der Waals surface area (Å²) in [7, 11) is 0. The molecule has 0 radical (unpaired) electrons. The Balaban J connectivity index is 1.47. The van der Waals surface area contributed by atoms with E-state index in [2.05, 4.69) is 10.5 Å². The van der Waals surface area contributed by atoms with Gasteiger partial charge in [-0.3, -0.25) is 4.79 Å². The molecule has 0 saturated carbocycles. The van der Waals surface area contributed by atoms with Crippen molar-refractivity contribution in [2.24, 2.45) is 0 Å². The van der Waals surface area contributed by atoms with Gasteiger partial charge in [0.25, 0.3) is 5.91 Å². The summed E-state index contributed by atoms with van der Waals surface area (Å²) in [6, 6.07) is 19.3. The molecule has 29 heavy (non-hydrogen) atoms. The molecule has 1 aliphatic heterocycles. The molecule has 0 bridgehead atoms. The fourth-order valence-electron chi connectivity index (χ4n) is 3.31. The highest BCUT2D eigenvalue weighted by molar-refractivity contribution is 7.98. The van der Waals surface area contributed by atoms with Crippen molar-refractivity contribution in [1.29, 1.82) is 0 Å². The van der Waals surface area contributed by atoms with Crippen LogP contribution in [0.25, 0.3) is 17.0 Å². The number of aryl methyl sites for hydroxylation is 1. The SMILES string of the molecule is Cc1ccc(-n2nc3c(c2NC(=O)c2cc(-c4ccccc4)on2)CSC3)cc1. The van der Waals surface area contributed by atoms with Crippen LogP contribution in [0.2, 0.25) is 0 Å². The van der Waals surface area contributed by atoms with Crippen LogP contribution < -0.4 is 5.32 Å². The second kappa shape index (κ2) is 7.25. The molecule has 7 heteroatoms. The molecular weight excluding hydrogens is 384 g/mol. The number of fused-ring (bicyclic) bond motifs is 1. The number of anilines is 1. The molecule has 0 fully saturated rings. The summed E-state index contributed by atoms with van der Waals surface area (Å²) in [6.45, 7) is 2.04. The fourth-order valence-corrected chi connectivity index (χ4v) is 4.34. The first-order chi connectivity index (χ1) is 14.2. The molecule has 1 amide bonds. The monoisotopic (exact) mass is 402 g/mol. The van der Waals surface area contributed by atoms with E-state index in [1.54, 1.807) is 22.5 Å². The highest BCUT2D eigenvalue weighted by Gasteiger charge is 2.26. The molecule has 5 rings (SSSR count). The van der Waals surface area contributed by atoms with Crippen LogP contribution in [0.15, 0.2) is 65.2 Å². The smallest absolute Gasteiger partial charge is 0.279 e. The number of benzene rings is 2. The van der Waals surface area contributed by atoms with Crippen LogP contribution in [0.1, 0.15) is 27.3 Å². The minimum atomic E-state index is -0.316. The van der Waals surface area contributed by atoms with E-state index < -0.39 is 0 Å². The first-order valence-corrected chi connectivity index (χ1v) is 10.4. The van der Waals surface area contributed by atoms with E-state index in [1.807, 2.05) is 61.5 Å². The molecule has 2 aromatic heterocycles. The number of thioether (sulfide) groups is 1. The highest BCUT2D eigenvalue weighted by atomic mass is 32.2. The minimum Gasteiger partial charge on any atom is -0.355 e. The third-order valence-electron chi connectivity index (χ3n) is 4.86. The lowest BCUT2D eigenvalue weighted by atomic mass is 10.1. The quantitative estimate of drug-likeness (QED) is 0.529. The van der Waals surface area contributed by atoms with Crippen LogP contribution in [0.3, 0.4) is 0 Å². The van der Waals surface area contributed by atoms with Crippen molar-refractivity contribution in [2.75, 3.05) is 5.32 Å². The number of hydrogen-bond acceptors (Lipinski definition) is 5. The molecule has 0 atom stereocenters. The van der Waals surface area contributed by atoms with Gasteiger partial charge in [-0.15, -0.1) is 0 Å². The van der Waals surface area contributed by atoms with Crippen LogP contribution in [-0.2, 0) is 11.5 Å². The van der Waals surface area contributed by atoms with Gasteiger partial charge >= 0.3 is 0 Å². The third-order valence-corrected chi connectivity index (χ3v) is 5.83. The summed E-state index contributed by atoms with van der Waals surface area (Å²) < 4.78 is 7.18. The van der Waals surface area contributed by atoms with Crippen molar-refractivity contribution in [3.63, 3.8) is 0 Å². The van der Waals surface area contributed by atoms with E-state index in [0.717, 1.165) is 34.0 Å². The standard InChI is InChI=1S/C22H18N4O2S/c1-14-7-9-16(10-8-14)26-21(17-12-29-13-19(17)24-26)23-22(27)18-11-20(28-25-18)15-5-3-2-4-6-15/h2-11H,12-13H2,1H3,(H,23,27). The van der Waals surface area contributed by atoms with Gasteiger partial charge in [0.15, 0.2) is 11.5 Å². The molecule has 6 nitrogen and oxygen atoms in total. The lowest BCUT2D eigenvalue weighted by Gasteiger charge is -2.10. The second-order valence-corrected chi connectivity index (χ2v) is 7.90. The number of hydrogen-bond donors (Lipinski definition) is 1. The van der Waals surface area contributed by atoms with Gasteiger partial charge in [-0.1, -0.05) is 53.2 Å². The number of nitrogens with one attached hydrogen (secondary N) is 1. The average Bonchev–Trinajstić information content (AvgIpc) is 3.47. The molecular formula is C22H18N4O2S. The Labute approximate surface area is 171 Å². The van der Waals surface area contributed by atoms with Gasteiger partial charge in [-0.2, -0.15) is 16.9 Å². The molecule has 1 aliphatic rings. The summed E-state index contributed by atoms with van der Waals surface area (Å²) >= 11 is 1.79. The second-order valence-electron chi connectivity index (χ2n) is 6.91. The van der Waals surface area contributed by atoms with E-state index in [0.29, 0.717) is 11.6 Å². The Hall–Kier alpha value is -3.32. The summed E-state index contributed by atoms with van der Waals surface area (Å²) in [5.41, 5.74) is 5.27. The van der Waals surface area contributed by atoms with Gasteiger partial charge in [0.1, 0.15) is 5.82 Å². The zero-order valence-corrected chi connectivity index (χ0v) is 16.6. The fraction of sp³-hybridized carbons (Fsp3) is 0.136. The Morgan fingerprint density at radius 2 is 1.90 bits per heavy atom. The van der Waals surface area contributed by atoms with E-state index in [4.69, 9.17) is 9.62 Å². The van der Waals surface area contributed by atoms with Crippen LogP contribution in [0, 0.1) is 6.92 Å². The van der Waals surface area contributed by atoms with Gasteiger partial charge < -0.3 is 9.84 Å². The Bertz CT molecular complexity index is 1180. The first kappa shape index (κ1) is 17.8. The first-order valence-electron chi connectivity index (χ1n) is 9.28. The zero-order valence-electron chi connectivity index (χ0n) is 15.8. The molecule has 0 saturated heterocycles. The van der Waals surface area contributed by atoms with Crippen molar-refractivity contribution < 1.29 is 9.32 Å². The van der Waals surface area contributed by atoms with Crippen LogP contribution in [0.5, 0.6) is 0 Å². The minimum absolute atomic E-state index is 0.236. The maximum atomic E-state index is 12.9. The lowest BCUT2D eigenvalue weighted by Crippen LogP contribution is -2.16. The highest BCUT2D eigenvalue weighted by Crippen LogP contribution is 2.36. The van der Waals surface area contributed by atoms with Crippen molar-refractivity contribution in [3.8, 4) is 17.0 Å². The summed E-state index contributed by atoms with van der Waals surface area (Å²) in [6.07, 6.45) is 0. The maximum Gasteiger partial charge on any atom is 0.279 e. The van der Waals surface area contributed by atoms with Crippen LogP contribution >= 0.6 is 11.8 Å². The molecule has 3 heterocycles.